The Hall–Kier alpha value is -1.48. The van der Waals surface area contributed by atoms with Crippen LogP contribution in [-0.2, 0) is 0 Å². The zero-order valence-electron chi connectivity index (χ0n) is 11.0. The Morgan fingerprint density at radius 1 is 1.17 bits per heavy atom. The van der Waals surface area contributed by atoms with Crippen LogP contribution in [0.2, 0.25) is 0 Å². The third kappa shape index (κ3) is 2.51. The SMILES string of the molecule is COc1cccc(C(O)C2=CCCCC2)c1OC. The van der Waals surface area contributed by atoms with Gasteiger partial charge in [0, 0.05) is 5.56 Å². The maximum atomic E-state index is 10.5. The van der Waals surface area contributed by atoms with Gasteiger partial charge in [-0.1, -0.05) is 18.2 Å². The van der Waals surface area contributed by atoms with Crippen molar-refractivity contribution >= 4 is 0 Å². The molecule has 1 aliphatic carbocycles. The highest BCUT2D eigenvalue weighted by molar-refractivity contribution is 5.49. The van der Waals surface area contributed by atoms with Crippen molar-refractivity contribution in [2.45, 2.75) is 31.8 Å². The van der Waals surface area contributed by atoms with Crippen LogP contribution >= 0.6 is 0 Å². The van der Waals surface area contributed by atoms with Crippen LogP contribution in [0.3, 0.4) is 0 Å². The topological polar surface area (TPSA) is 38.7 Å². The molecule has 0 amide bonds. The Morgan fingerprint density at radius 3 is 2.61 bits per heavy atom. The van der Waals surface area contributed by atoms with Crippen LogP contribution in [-0.4, -0.2) is 19.3 Å². The van der Waals surface area contributed by atoms with Crippen molar-refractivity contribution in [2.75, 3.05) is 14.2 Å². The summed E-state index contributed by atoms with van der Waals surface area (Å²) in [4.78, 5) is 0. The maximum Gasteiger partial charge on any atom is 0.166 e. The summed E-state index contributed by atoms with van der Waals surface area (Å²) in [7, 11) is 3.21. The molecule has 1 aromatic rings. The Labute approximate surface area is 108 Å². The molecule has 18 heavy (non-hydrogen) atoms. The highest BCUT2D eigenvalue weighted by Gasteiger charge is 2.21. The van der Waals surface area contributed by atoms with Gasteiger partial charge in [-0.05, 0) is 37.3 Å². The molecule has 3 nitrogen and oxygen atoms in total. The predicted molar refractivity (Wildman–Crippen MR) is 71.1 cm³/mol. The van der Waals surface area contributed by atoms with Gasteiger partial charge in [0.15, 0.2) is 11.5 Å². The van der Waals surface area contributed by atoms with Gasteiger partial charge in [0.2, 0.25) is 0 Å². The van der Waals surface area contributed by atoms with Crippen molar-refractivity contribution in [1.82, 2.24) is 0 Å². The van der Waals surface area contributed by atoms with Gasteiger partial charge in [0.1, 0.15) is 6.10 Å². The van der Waals surface area contributed by atoms with Gasteiger partial charge in [0.25, 0.3) is 0 Å². The number of ether oxygens (including phenoxy) is 2. The molecular formula is C15H20O3. The minimum Gasteiger partial charge on any atom is -0.493 e. The van der Waals surface area contributed by atoms with Crippen molar-refractivity contribution in [3.05, 3.63) is 35.4 Å². The monoisotopic (exact) mass is 248 g/mol. The van der Waals surface area contributed by atoms with Crippen LogP contribution in [0.1, 0.15) is 37.4 Å². The van der Waals surface area contributed by atoms with Crippen LogP contribution in [0.15, 0.2) is 29.8 Å². The van der Waals surface area contributed by atoms with E-state index in [0.717, 1.165) is 30.4 Å². The summed E-state index contributed by atoms with van der Waals surface area (Å²) >= 11 is 0. The lowest BCUT2D eigenvalue weighted by Gasteiger charge is -2.21. The van der Waals surface area contributed by atoms with Crippen molar-refractivity contribution in [3.8, 4) is 11.5 Å². The Balaban J connectivity index is 2.34. The van der Waals surface area contributed by atoms with Gasteiger partial charge in [-0.2, -0.15) is 0 Å². The van der Waals surface area contributed by atoms with E-state index in [2.05, 4.69) is 6.08 Å². The fourth-order valence-corrected chi connectivity index (χ4v) is 2.44. The maximum absolute atomic E-state index is 10.5. The van der Waals surface area contributed by atoms with E-state index < -0.39 is 6.10 Å². The summed E-state index contributed by atoms with van der Waals surface area (Å²) in [6, 6.07) is 5.61. The van der Waals surface area contributed by atoms with Crippen molar-refractivity contribution in [2.24, 2.45) is 0 Å². The van der Waals surface area contributed by atoms with Crippen LogP contribution in [0.4, 0.5) is 0 Å². The van der Waals surface area contributed by atoms with Crippen LogP contribution in [0, 0.1) is 0 Å². The second-order valence-corrected chi connectivity index (χ2v) is 4.51. The first kappa shape index (κ1) is 13.0. The molecule has 1 atom stereocenters. The summed E-state index contributed by atoms with van der Waals surface area (Å²) in [6.45, 7) is 0. The number of rotatable bonds is 4. The minimum atomic E-state index is -0.588. The minimum absolute atomic E-state index is 0.588. The number of hydrogen-bond donors (Lipinski definition) is 1. The van der Waals surface area contributed by atoms with Crippen molar-refractivity contribution < 1.29 is 14.6 Å². The third-order valence-electron chi connectivity index (χ3n) is 3.41. The van der Waals surface area contributed by atoms with Gasteiger partial charge in [0.05, 0.1) is 14.2 Å². The second kappa shape index (κ2) is 5.91. The van der Waals surface area contributed by atoms with E-state index in [1.165, 1.54) is 6.42 Å². The molecule has 3 heteroatoms. The molecule has 98 valence electrons. The van der Waals surface area contributed by atoms with E-state index in [1.54, 1.807) is 14.2 Å². The Kier molecular flexibility index (Phi) is 4.26. The van der Waals surface area contributed by atoms with E-state index >= 15 is 0 Å². The van der Waals surface area contributed by atoms with Gasteiger partial charge >= 0.3 is 0 Å². The highest BCUT2D eigenvalue weighted by atomic mass is 16.5. The summed E-state index contributed by atoms with van der Waals surface area (Å²) < 4.78 is 10.6. The number of methoxy groups -OCH3 is 2. The first-order valence-corrected chi connectivity index (χ1v) is 6.35. The molecule has 1 aliphatic rings. The molecule has 2 rings (SSSR count). The smallest absolute Gasteiger partial charge is 0.166 e. The molecule has 0 bridgehead atoms. The number of para-hydroxylation sites is 1. The first-order valence-electron chi connectivity index (χ1n) is 6.35. The van der Waals surface area contributed by atoms with E-state index in [0.29, 0.717) is 11.5 Å². The van der Waals surface area contributed by atoms with Crippen LogP contribution in [0.5, 0.6) is 11.5 Å². The number of aliphatic hydroxyl groups excluding tert-OH is 1. The van der Waals surface area contributed by atoms with Gasteiger partial charge in [-0.25, -0.2) is 0 Å². The fourth-order valence-electron chi connectivity index (χ4n) is 2.44. The highest BCUT2D eigenvalue weighted by Crippen LogP contribution is 2.39. The standard InChI is InChI=1S/C15H20O3/c1-17-13-10-6-9-12(15(13)18-2)14(16)11-7-4-3-5-8-11/h6-7,9-10,14,16H,3-5,8H2,1-2H3. The molecule has 1 unspecified atom stereocenters. The molecule has 0 saturated carbocycles. The summed E-state index contributed by atoms with van der Waals surface area (Å²) in [5.74, 6) is 1.28. The lowest BCUT2D eigenvalue weighted by Crippen LogP contribution is -2.07. The van der Waals surface area contributed by atoms with E-state index in [9.17, 15) is 5.11 Å². The van der Waals surface area contributed by atoms with Gasteiger partial charge in [-0.3, -0.25) is 0 Å². The van der Waals surface area contributed by atoms with Crippen LogP contribution in [0.25, 0.3) is 0 Å². The fraction of sp³-hybridized carbons (Fsp3) is 0.467. The predicted octanol–water partition coefficient (Wildman–Crippen LogP) is 3.24. The summed E-state index contributed by atoms with van der Waals surface area (Å²) in [6.07, 6.45) is 5.93. The number of aliphatic hydroxyl groups is 1. The largest absolute Gasteiger partial charge is 0.493 e. The number of hydrogen-bond acceptors (Lipinski definition) is 3. The molecule has 0 fully saturated rings. The molecular weight excluding hydrogens is 228 g/mol. The molecule has 0 aliphatic heterocycles. The molecule has 0 aromatic heterocycles. The van der Waals surface area contributed by atoms with E-state index in [-0.39, 0.29) is 0 Å². The lowest BCUT2D eigenvalue weighted by molar-refractivity contribution is 0.201. The van der Waals surface area contributed by atoms with E-state index in [1.807, 2.05) is 18.2 Å². The molecule has 0 heterocycles. The first-order chi connectivity index (χ1) is 8.77. The molecule has 1 aromatic carbocycles. The molecule has 0 saturated heterocycles. The van der Waals surface area contributed by atoms with Gasteiger partial charge in [-0.15, -0.1) is 0 Å². The lowest BCUT2D eigenvalue weighted by atomic mass is 9.91. The summed E-state index contributed by atoms with van der Waals surface area (Å²) in [5, 5.41) is 10.5. The molecule has 0 radical (unpaired) electrons. The van der Waals surface area contributed by atoms with Crippen molar-refractivity contribution in [1.29, 1.82) is 0 Å². The quantitative estimate of drug-likeness (QED) is 0.831. The number of benzene rings is 1. The third-order valence-corrected chi connectivity index (χ3v) is 3.41. The van der Waals surface area contributed by atoms with Crippen LogP contribution < -0.4 is 9.47 Å². The van der Waals surface area contributed by atoms with Crippen molar-refractivity contribution in [3.63, 3.8) is 0 Å². The van der Waals surface area contributed by atoms with E-state index in [4.69, 9.17) is 9.47 Å². The average molecular weight is 248 g/mol. The normalized spacial score (nSPS) is 16.9. The zero-order valence-corrected chi connectivity index (χ0v) is 11.0. The zero-order chi connectivity index (χ0) is 13.0. The molecule has 0 spiro atoms. The Morgan fingerprint density at radius 2 is 2.00 bits per heavy atom. The summed E-state index contributed by atoms with van der Waals surface area (Å²) in [5.41, 5.74) is 1.87. The number of allylic oxidation sites excluding steroid dienone is 1. The Bertz CT molecular complexity index is 437. The molecule has 1 N–H and O–H groups in total. The average Bonchev–Trinajstić information content (AvgIpc) is 2.46. The second-order valence-electron chi connectivity index (χ2n) is 4.51. The van der Waals surface area contributed by atoms with Gasteiger partial charge < -0.3 is 14.6 Å².